The Labute approximate surface area is 101 Å². The maximum Gasteiger partial charge on any atom is 0.144 e. The monoisotopic (exact) mass is 243 g/mol. The summed E-state index contributed by atoms with van der Waals surface area (Å²) in [4.78, 5) is 10.7. The van der Waals surface area contributed by atoms with Crippen molar-refractivity contribution in [1.82, 2.24) is 14.9 Å². The summed E-state index contributed by atoms with van der Waals surface area (Å²) in [6, 6.07) is 1.75. The first-order valence-electron chi connectivity index (χ1n) is 5.49. The summed E-state index contributed by atoms with van der Waals surface area (Å²) in [5.74, 6) is 0.741. The lowest BCUT2D eigenvalue weighted by atomic mass is 10.3. The maximum atomic E-state index is 8.79. The molecule has 0 atom stereocenters. The van der Waals surface area contributed by atoms with Gasteiger partial charge in [-0.15, -0.1) is 0 Å². The van der Waals surface area contributed by atoms with E-state index in [2.05, 4.69) is 21.8 Å². The first-order chi connectivity index (χ1) is 7.65. The molecular weight excluding hydrogens is 226 g/mol. The molecule has 1 N–H and O–H groups in total. The molecule has 0 amide bonds. The Kier molecular flexibility index (Phi) is 5.66. The molecule has 0 fully saturated rings. The number of aromatic nitrogens is 2. The van der Waals surface area contributed by atoms with Gasteiger partial charge in [-0.25, -0.2) is 9.97 Å². The van der Waals surface area contributed by atoms with Crippen LogP contribution in [0.25, 0.3) is 0 Å². The Balaban J connectivity index is 2.62. The second-order valence-electron chi connectivity index (χ2n) is 3.69. The molecule has 0 aliphatic carbocycles. The maximum absolute atomic E-state index is 8.79. The Morgan fingerprint density at radius 2 is 2.19 bits per heavy atom. The molecule has 90 valence electrons. The van der Waals surface area contributed by atoms with Gasteiger partial charge >= 0.3 is 0 Å². The molecule has 1 aromatic rings. The fourth-order valence-corrected chi connectivity index (χ4v) is 1.76. The highest BCUT2D eigenvalue weighted by Gasteiger charge is 2.06. The zero-order valence-electron chi connectivity index (χ0n) is 9.78. The number of rotatable bonds is 6. The van der Waals surface area contributed by atoms with Crippen LogP contribution in [0.3, 0.4) is 0 Å². The van der Waals surface area contributed by atoms with E-state index in [4.69, 9.17) is 16.7 Å². The molecule has 1 rings (SSSR count). The largest absolute Gasteiger partial charge is 0.396 e. The van der Waals surface area contributed by atoms with Gasteiger partial charge < -0.3 is 5.11 Å². The van der Waals surface area contributed by atoms with E-state index in [1.54, 1.807) is 6.07 Å². The van der Waals surface area contributed by atoms with Crippen molar-refractivity contribution in [2.45, 2.75) is 26.8 Å². The van der Waals surface area contributed by atoms with E-state index < -0.39 is 0 Å². The second-order valence-corrected chi connectivity index (χ2v) is 4.08. The molecule has 0 aromatic carbocycles. The fourth-order valence-electron chi connectivity index (χ4n) is 1.50. The van der Waals surface area contributed by atoms with Gasteiger partial charge in [-0.1, -0.05) is 18.5 Å². The van der Waals surface area contributed by atoms with Gasteiger partial charge in [0.25, 0.3) is 0 Å². The lowest BCUT2D eigenvalue weighted by molar-refractivity contribution is 0.222. The van der Waals surface area contributed by atoms with Crippen molar-refractivity contribution in [3.8, 4) is 0 Å². The SMILES string of the molecule is CCN(CCCO)Cc1nc(C)cc(Cl)n1. The lowest BCUT2D eigenvalue weighted by Crippen LogP contribution is -2.25. The normalized spacial score (nSPS) is 11.1. The average Bonchev–Trinajstić information content (AvgIpc) is 2.22. The summed E-state index contributed by atoms with van der Waals surface area (Å²) in [6.45, 7) is 6.64. The zero-order valence-corrected chi connectivity index (χ0v) is 10.5. The Morgan fingerprint density at radius 3 is 2.75 bits per heavy atom. The van der Waals surface area contributed by atoms with Crippen molar-refractivity contribution < 1.29 is 5.11 Å². The summed E-state index contributed by atoms with van der Waals surface area (Å²) in [7, 11) is 0. The van der Waals surface area contributed by atoms with E-state index in [9.17, 15) is 0 Å². The van der Waals surface area contributed by atoms with Crippen molar-refractivity contribution in [2.75, 3.05) is 19.7 Å². The highest BCUT2D eigenvalue weighted by Crippen LogP contribution is 2.08. The van der Waals surface area contributed by atoms with Crippen molar-refractivity contribution in [2.24, 2.45) is 0 Å². The summed E-state index contributed by atoms with van der Waals surface area (Å²) in [5, 5.41) is 9.27. The van der Waals surface area contributed by atoms with Gasteiger partial charge in [0.1, 0.15) is 11.0 Å². The molecule has 0 aliphatic rings. The van der Waals surface area contributed by atoms with Gasteiger partial charge in [-0.3, -0.25) is 4.90 Å². The lowest BCUT2D eigenvalue weighted by Gasteiger charge is -2.18. The van der Waals surface area contributed by atoms with E-state index in [-0.39, 0.29) is 6.61 Å². The van der Waals surface area contributed by atoms with Crippen LogP contribution in [0, 0.1) is 6.92 Å². The van der Waals surface area contributed by atoms with Crippen LogP contribution in [0.2, 0.25) is 5.15 Å². The van der Waals surface area contributed by atoms with E-state index >= 15 is 0 Å². The minimum atomic E-state index is 0.214. The Morgan fingerprint density at radius 1 is 1.44 bits per heavy atom. The molecule has 0 radical (unpaired) electrons. The molecular formula is C11H18ClN3O. The van der Waals surface area contributed by atoms with Crippen LogP contribution in [-0.2, 0) is 6.54 Å². The van der Waals surface area contributed by atoms with Crippen LogP contribution >= 0.6 is 11.6 Å². The molecule has 0 saturated carbocycles. The number of aryl methyl sites for hydroxylation is 1. The van der Waals surface area contributed by atoms with E-state index in [0.717, 1.165) is 31.0 Å². The van der Waals surface area contributed by atoms with Crippen molar-refractivity contribution in [1.29, 1.82) is 0 Å². The van der Waals surface area contributed by atoms with Gasteiger partial charge in [0.2, 0.25) is 0 Å². The quantitative estimate of drug-likeness (QED) is 0.772. The molecule has 0 aliphatic heterocycles. The highest BCUT2D eigenvalue weighted by molar-refractivity contribution is 6.29. The van der Waals surface area contributed by atoms with Crippen LogP contribution in [0.4, 0.5) is 0 Å². The molecule has 1 heterocycles. The Bertz CT molecular complexity index is 313. The van der Waals surface area contributed by atoms with Gasteiger partial charge in [-0.05, 0) is 26.0 Å². The van der Waals surface area contributed by atoms with Crippen LogP contribution in [0.1, 0.15) is 24.9 Å². The molecule has 4 nitrogen and oxygen atoms in total. The molecule has 1 aromatic heterocycles. The van der Waals surface area contributed by atoms with Crippen molar-refractivity contribution in [3.05, 3.63) is 22.7 Å². The highest BCUT2D eigenvalue weighted by atomic mass is 35.5. The second kappa shape index (κ2) is 6.78. The molecule has 0 saturated heterocycles. The standard InChI is InChI=1S/C11H18ClN3O/c1-3-15(5-4-6-16)8-11-13-9(2)7-10(12)14-11/h7,16H,3-6,8H2,1-2H3. The van der Waals surface area contributed by atoms with Gasteiger partial charge in [0, 0.05) is 18.8 Å². The van der Waals surface area contributed by atoms with E-state index in [1.165, 1.54) is 0 Å². The summed E-state index contributed by atoms with van der Waals surface area (Å²) in [6.07, 6.45) is 0.771. The fraction of sp³-hybridized carbons (Fsp3) is 0.636. The predicted molar refractivity (Wildman–Crippen MR) is 64.4 cm³/mol. The topological polar surface area (TPSA) is 49.2 Å². The van der Waals surface area contributed by atoms with Gasteiger partial charge in [0.05, 0.1) is 6.54 Å². The van der Waals surface area contributed by atoms with E-state index in [1.807, 2.05) is 6.92 Å². The molecule has 0 bridgehead atoms. The van der Waals surface area contributed by atoms with Crippen LogP contribution in [-0.4, -0.2) is 39.7 Å². The first-order valence-corrected chi connectivity index (χ1v) is 5.86. The van der Waals surface area contributed by atoms with Crippen LogP contribution in [0.5, 0.6) is 0 Å². The number of halogens is 1. The van der Waals surface area contributed by atoms with Gasteiger partial charge in [0.15, 0.2) is 0 Å². The molecule has 0 spiro atoms. The van der Waals surface area contributed by atoms with Crippen LogP contribution in [0.15, 0.2) is 6.07 Å². The Hall–Kier alpha value is -0.710. The molecule has 0 unspecified atom stereocenters. The molecule has 16 heavy (non-hydrogen) atoms. The number of aliphatic hydroxyl groups excluding tert-OH is 1. The number of aliphatic hydroxyl groups is 1. The smallest absolute Gasteiger partial charge is 0.144 e. The number of nitrogens with zero attached hydrogens (tertiary/aromatic N) is 3. The first kappa shape index (κ1) is 13.4. The minimum Gasteiger partial charge on any atom is -0.396 e. The summed E-state index contributed by atoms with van der Waals surface area (Å²) in [5.41, 5.74) is 0.883. The predicted octanol–water partition coefficient (Wildman–Crippen LogP) is 1.64. The number of hydrogen-bond donors (Lipinski definition) is 1. The summed E-state index contributed by atoms with van der Waals surface area (Å²) < 4.78 is 0. The zero-order chi connectivity index (χ0) is 12.0. The van der Waals surface area contributed by atoms with Crippen molar-refractivity contribution in [3.63, 3.8) is 0 Å². The summed E-state index contributed by atoms with van der Waals surface area (Å²) >= 11 is 5.87. The van der Waals surface area contributed by atoms with Gasteiger partial charge in [-0.2, -0.15) is 0 Å². The van der Waals surface area contributed by atoms with E-state index in [0.29, 0.717) is 11.7 Å². The van der Waals surface area contributed by atoms with Crippen molar-refractivity contribution >= 4 is 11.6 Å². The average molecular weight is 244 g/mol. The third kappa shape index (κ3) is 4.43. The van der Waals surface area contributed by atoms with Crippen LogP contribution < -0.4 is 0 Å². The minimum absolute atomic E-state index is 0.214. The third-order valence-corrected chi connectivity index (χ3v) is 2.51. The molecule has 5 heteroatoms. The number of hydrogen-bond acceptors (Lipinski definition) is 4. The third-order valence-electron chi connectivity index (χ3n) is 2.31.